The molecular formula is C21H30N2O4S. The Morgan fingerprint density at radius 1 is 1.14 bits per heavy atom. The first-order valence-electron chi connectivity index (χ1n) is 10.3. The van der Waals surface area contributed by atoms with Crippen molar-refractivity contribution in [1.82, 2.24) is 4.90 Å². The Kier molecular flexibility index (Phi) is 6.43. The van der Waals surface area contributed by atoms with Gasteiger partial charge in [-0.3, -0.25) is 9.59 Å². The van der Waals surface area contributed by atoms with Crippen molar-refractivity contribution >= 4 is 34.1 Å². The summed E-state index contributed by atoms with van der Waals surface area (Å²) in [5.74, 6) is 0.500. The Balaban J connectivity index is 1.89. The van der Waals surface area contributed by atoms with Crippen molar-refractivity contribution in [1.29, 1.82) is 0 Å². The minimum absolute atomic E-state index is 0.0122. The fraction of sp³-hybridized carbons (Fsp3) is 0.667. The van der Waals surface area contributed by atoms with Crippen molar-refractivity contribution in [3.63, 3.8) is 0 Å². The van der Waals surface area contributed by atoms with E-state index in [1.165, 1.54) is 17.8 Å². The van der Waals surface area contributed by atoms with Crippen molar-refractivity contribution in [2.75, 3.05) is 25.0 Å². The number of carbonyl (C=O) groups excluding carboxylic acids is 3. The number of hydrogen-bond acceptors (Lipinski definition) is 5. The highest BCUT2D eigenvalue weighted by Gasteiger charge is 2.43. The second kappa shape index (κ2) is 8.64. The molecule has 2 fully saturated rings. The second-order valence-corrected chi connectivity index (χ2v) is 8.75. The summed E-state index contributed by atoms with van der Waals surface area (Å²) >= 11 is 1.19. The molecule has 2 saturated carbocycles. The summed E-state index contributed by atoms with van der Waals surface area (Å²) in [6, 6.07) is 0. The van der Waals surface area contributed by atoms with Gasteiger partial charge in [0, 0.05) is 19.0 Å². The lowest BCUT2D eigenvalue weighted by Crippen LogP contribution is -2.30. The number of anilines is 1. The fourth-order valence-electron chi connectivity index (χ4n) is 4.68. The van der Waals surface area contributed by atoms with Crippen LogP contribution in [0.4, 0.5) is 5.00 Å². The molecule has 2 aliphatic rings. The first-order chi connectivity index (χ1) is 13.4. The van der Waals surface area contributed by atoms with E-state index in [0.717, 1.165) is 19.3 Å². The summed E-state index contributed by atoms with van der Waals surface area (Å²) < 4.78 is 5.20. The van der Waals surface area contributed by atoms with Gasteiger partial charge in [-0.15, -0.1) is 11.3 Å². The van der Waals surface area contributed by atoms with Gasteiger partial charge in [-0.25, -0.2) is 4.79 Å². The number of esters is 1. The van der Waals surface area contributed by atoms with Crippen LogP contribution in [0.1, 0.15) is 72.0 Å². The molecule has 28 heavy (non-hydrogen) atoms. The number of hydrogen-bond donors (Lipinski definition) is 1. The molecule has 0 spiro atoms. The summed E-state index contributed by atoms with van der Waals surface area (Å²) in [4.78, 5) is 40.6. The van der Waals surface area contributed by atoms with E-state index >= 15 is 0 Å². The van der Waals surface area contributed by atoms with Crippen LogP contribution >= 0.6 is 11.3 Å². The zero-order valence-electron chi connectivity index (χ0n) is 17.2. The Morgan fingerprint density at radius 3 is 2.39 bits per heavy atom. The SMILES string of the molecule is CCOC(=O)c1c(NC(=O)[C@@H]2C[C@H]3CC[C@H]2C3)sc(C(=O)N(CC)CC)c1C. The third-order valence-electron chi connectivity index (χ3n) is 6.18. The van der Waals surface area contributed by atoms with E-state index in [1.807, 2.05) is 13.8 Å². The van der Waals surface area contributed by atoms with Crippen LogP contribution in [0.5, 0.6) is 0 Å². The highest BCUT2D eigenvalue weighted by Crippen LogP contribution is 2.49. The predicted molar refractivity (Wildman–Crippen MR) is 110 cm³/mol. The first kappa shape index (κ1) is 20.8. The van der Waals surface area contributed by atoms with Gasteiger partial charge in [-0.2, -0.15) is 0 Å². The molecule has 1 aromatic heterocycles. The molecule has 154 valence electrons. The molecule has 3 rings (SSSR count). The van der Waals surface area contributed by atoms with Gasteiger partial charge in [-0.1, -0.05) is 6.42 Å². The van der Waals surface area contributed by atoms with E-state index in [1.54, 1.807) is 18.7 Å². The molecule has 2 aliphatic carbocycles. The van der Waals surface area contributed by atoms with Crippen LogP contribution in [0.3, 0.4) is 0 Å². The zero-order chi connectivity index (χ0) is 20.4. The maximum Gasteiger partial charge on any atom is 0.341 e. The molecule has 0 aromatic carbocycles. The van der Waals surface area contributed by atoms with Gasteiger partial charge in [0.05, 0.1) is 17.0 Å². The van der Waals surface area contributed by atoms with Crippen LogP contribution in [0, 0.1) is 24.7 Å². The maximum absolute atomic E-state index is 12.9. The largest absolute Gasteiger partial charge is 0.462 e. The highest BCUT2D eigenvalue weighted by molar-refractivity contribution is 7.18. The van der Waals surface area contributed by atoms with E-state index < -0.39 is 5.97 Å². The average Bonchev–Trinajstić information content (AvgIpc) is 3.37. The molecule has 0 radical (unpaired) electrons. The molecule has 7 heteroatoms. The summed E-state index contributed by atoms with van der Waals surface area (Å²) in [6.45, 7) is 8.78. The Labute approximate surface area is 170 Å². The number of rotatable bonds is 7. The van der Waals surface area contributed by atoms with E-state index in [9.17, 15) is 14.4 Å². The molecular weight excluding hydrogens is 376 g/mol. The quantitative estimate of drug-likeness (QED) is 0.692. The molecule has 0 saturated heterocycles. The molecule has 2 bridgehead atoms. The maximum atomic E-state index is 12.9. The van der Waals surface area contributed by atoms with Gasteiger partial charge in [0.15, 0.2) is 0 Å². The van der Waals surface area contributed by atoms with E-state index in [-0.39, 0.29) is 24.3 Å². The zero-order valence-corrected chi connectivity index (χ0v) is 18.0. The lowest BCUT2D eigenvalue weighted by Gasteiger charge is -2.20. The van der Waals surface area contributed by atoms with Crippen molar-refractivity contribution in [3.05, 3.63) is 16.0 Å². The highest BCUT2D eigenvalue weighted by atomic mass is 32.1. The fourth-order valence-corrected chi connectivity index (χ4v) is 5.85. The van der Waals surface area contributed by atoms with Crippen molar-refractivity contribution in [3.8, 4) is 0 Å². The van der Waals surface area contributed by atoms with Crippen LogP contribution < -0.4 is 5.32 Å². The Morgan fingerprint density at radius 2 is 1.86 bits per heavy atom. The van der Waals surface area contributed by atoms with Crippen LogP contribution in [-0.2, 0) is 9.53 Å². The lowest BCUT2D eigenvalue weighted by atomic mass is 9.88. The predicted octanol–water partition coefficient (Wildman–Crippen LogP) is 4.09. The minimum Gasteiger partial charge on any atom is -0.462 e. The number of thiophene rings is 1. The number of fused-ring (bicyclic) bond motifs is 2. The van der Waals surface area contributed by atoms with Crippen LogP contribution in [0.2, 0.25) is 0 Å². The second-order valence-electron chi connectivity index (χ2n) is 7.73. The van der Waals surface area contributed by atoms with Gasteiger partial charge in [0.2, 0.25) is 5.91 Å². The average molecular weight is 407 g/mol. The number of ether oxygens (including phenoxy) is 1. The summed E-state index contributed by atoms with van der Waals surface area (Å²) in [6.07, 6.45) is 4.41. The summed E-state index contributed by atoms with van der Waals surface area (Å²) in [7, 11) is 0. The monoisotopic (exact) mass is 406 g/mol. The van der Waals surface area contributed by atoms with Crippen LogP contribution in [0.25, 0.3) is 0 Å². The number of amides is 2. The molecule has 1 aromatic rings. The van der Waals surface area contributed by atoms with Crippen LogP contribution in [0.15, 0.2) is 0 Å². The van der Waals surface area contributed by atoms with Gasteiger partial charge >= 0.3 is 5.97 Å². The van der Waals surface area contributed by atoms with Gasteiger partial charge < -0.3 is 15.0 Å². The van der Waals surface area contributed by atoms with Crippen LogP contribution in [-0.4, -0.2) is 42.4 Å². The molecule has 0 aliphatic heterocycles. The topological polar surface area (TPSA) is 75.7 Å². The molecule has 2 amide bonds. The van der Waals surface area contributed by atoms with Gasteiger partial charge in [0.1, 0.15) is 5.00 Å². The smallest absolute Gasteiger partial charge is 0.341 e. The molecule has 6 nitrogen and oxygen atoms in total. The summed E-state index contributed by atoms with van der Waals surface area (Å²) in [5, 5.41) is 3.42. The van der Waals surface area contributed by atoms with Crippen molar-refractivity contribution in [2.45, 2.75) is 53.4 Å². The van der Waals surface area contributed by atoms with E-state index in [4.69, 9.17) is 4.74 Å². The molecule has 1 N–H and O–H groups in total. The first-order valence-corrected chi connectivity index (χ1v) is 11.1. The molecule has 3 atom stereocenters. The number of nitrogens with zero attached hydrogens (tertiary/aromatic N) is 1. The third kappa shape index (κ3) is 3.81. The summed E-state index contributed by atoms with van der Waals surface area (Å²) in [5.41, 5.74) is 0.905. The van der Waals surface area contributed by atoms with Gasteiger partial charge in [0.25, 0.3) is 5.91 Å². The third-order valence-corrected chi connectivity index (χ3v) is 7.38. The van der Waals surface area contributed by atoms with Gasteiger partial charge in [-0.05, 0) is 64.4 Å². The Bertz CT molecular complexity index is 769. The standard InChI is InChI=1S/C21H30N2O4S/c1-5-23(6-2)20(25)17-12(4)16(21(26)27-7-3)19(28-17)22-18(24)15-11-13-8-9-14(15)10-13/h13-15H,5-11H2,1-4H3,(H,22,24)/t13-,14-,15+/m0/s1. The van der Waals surface area contributed by atoms with Crippen molar-refractivity contribution < 1.29 is 19.1 Å². The van der Waals surface area contributed by atoms with E-state index in [2.05, 4.69) is 5.32 Å². The molecule has 0 unspecified atom stereocenters. The number of nitrogens with one attached hydrogen (secondary N) is 1. The molecule has 1 heterocycles. The lowest BCUT2D eigenvalue weighted by molar-refractivity contribution is -0.121. The Hall–Kier alpha value is -1.89. The van der Waals surface area contributed by atoms with E-state index in [0.29, 0.717) is 45.9 Å². The normalized spacial score (nSPS) is 22.9. The van der Waals surface area contributed by atoms with Crippen molar-refractivity contribution in [2.24, 2.45) is 17.8 Å². The number of carbonyl (C=O) groups is 3. The minimum atomic E-state index is -0.488.